The average Bonchev–Trinajstić information content (AvgIpc) is 3.01. The van der Waals surface area contributed by atoms with Crippen molar-refractivity contribution in [3.05, 3.63) is 108 Å². The van der Waals surface area contributed by atoms with Crippen LogP contribution in [0.15, 0.2) is 118 Å². The fraction of sp³-hybridized carbons (Fsp3) is 0.235. The predicted molar refractivity (Wildman–Crippen MR) is 170 cm³/mol. The summed E-state index contributed by atoms with van der Waals surface area (Å²) in [5, 5.41) is 17.5. The van der Waals surface area contributed by atoms with E-state index in [0.717, 1.165) is 60.1 Å². The summed E-state index contributed by atoms with van der Waals surface area (Å²) in [7, 11) is 0. The van der Waals surface area contributed by atoms with Crippen LogP contribution in [0.1, 0.15) is 38.8 Å². The molecular formula is C34H38N6. The second kappa shape index (κ2) is 14.5. The lowest BCUT2D eigenvalue weighted by Crippen LogP contribution is -2.21. The zero-order chi connectivity index (χ0) is 28.2. The van der Waals surface area contributed by atoms with Crippen LogP contribution in [0.3, 0.4) is 0 Å². The van der Waals surface area contributed by atoms with Gasteiger partial charge in [0.2, 0.25) is 0 Å². The molecule has 4 aromatic rings. The Kier molecular flexibility index (Phi) is 10.3. The minimum atomic E-state index is 0.822. The first-order chi connectivity index (χ1) is 19.6. The fourth-order valence-corrected chi connectivity index (χ4v) is 4.37. The molecule has 0 heterocycles. The summed E-state index contributed by atoms with van der Waals surface area (Å²) in [6.45, 7) is 12.6. The van der Waals surface area contributed by atoms with Crippen LogP contribution in [0.25, 0.3) is 12.2 Å². The van der Waals surface area contributed by atoms with Crippen LogP contribution in [0.5, 0.6) is 0 Å². The highest BCUT2D eigenvalue weighted by Crippen LogP contribution is 2.24. The van der Waals surface area contributed by atoms with E-state index in [9.17, 15) is 0 Å². The highest BCUT2D eigenvalue weighted by molar-refractivity contribution is 5.70. The molecule has 0 saturated heterocycles. The van der Waals surface area contributed by atoms with Gasteiger partial charge in [-0.15, -0.1) is 0 Å². The van der Waals surface area contributed by atoms with E-state index in [1.807, 2.05) is 72.8 Å². The van der Waals surface area contributed by atoms with E-state index in [2.05, 4.69) is 94.4 Å². The van der Waals surface area contributed by atoms with Crippen molar-refractivity contribution in [3.8, 4) is 0 Å². The van der Waals surface area contributed by atoms with Gasteiger partial charge in [0.1, 0.15) is 0 Å². The van der Waals surface area contributed by atoms with Crippen LogP contribution in [-0.4, -0.2) is 26.2 Å². The molecule has 0 bridgehead atoms. The van der Waals surface area contributed by atoms with Gasteiger partial charge < -0.3 is 9.80 Å². The maximum atomic E-state index is 4.39. The smallest absolute Gasteiger partial charge is 0.0858 e. The normalized spacial score (nSPS) is 11.6. The van der Waals surface area contributed by atoms with Gasteiger partial charge in [0.05, 0.1) is 22.7 Å². The van der Waals surface area contributed by atoms with Gasteiger partial charge in [-0.3, -0.25) is 0 Å². The molecule has 0 amide bonds. The quantitative estimate of drug-likeness (QED) is 0.135. The number of rotatable bonds is 12. The molecule has 0 spiro atoms. The summed E-state index contributed by atoms with van der Waals surface area (Å²) in [4.78, 5) is 4.61. The zero-order valence-electron chi connectivity index (χ0n) is 23.9. The van der Waals surface area contributed by atoms with E-state index in [4.69, 9.17) is 0 Å². The minimum absolute atomic E-state index is 0.822. The second-order valence-electron chi connectivity index (χ2n) is 9.29. The maximum Gasteiger partial charge on any atom is 0.0858 e. The van der Waals surface area contributed by atoms with Crippen LogP contribution in [0, 0.1) is 0 Å². The van der Waals surface area contributed by atoms with Crippen molar-refractivity contribution in [1.82, 2.24) is 0 Å². The van der Waals surface area contributed by atoms with Crippen molar-refractivity contribution in [1.29, 1.82) is 0 Å². The maximum absolute atomic E-state index is 4.39. The third-order valence-corrected chi connectivity index (χ3v) is 6.77. The van der Waals surface area contributed by atoms with E-state index in [1.54, 1.807) is 0 Å². The first kappa shape index (κ1) is 28.4. The monoisotopic (exact) mass is 530 g/mol. The van der Waals surface area contributed by atoms with Gasteiger partial charge in [0, 0.05) is 37.6 Å². The summed E-state index contributed by atoms with van der Waals surface area (Å²) in [6, 6.07) is 32.5. The van der Waals surface area contributed by atoms with E-state index < -0.39 is 0 Å². The Balaban J connectivity index is 1.31. The lowest BCUT2D eigenvalue weighted by atomic mass is 10.1. The zero-order valence-corrected chi connectivity index (χ0v) is 23.9. The molecule has 4 rings (SSSR count). The van der Waals surface area contributed by atoms with E-state index in [0.29, 0.717) is 0 Å². The molecule has 0 atom stereocenters. The number of azo groups is 2. The minimum Gasteiger partial charge on any atom is -0.372 e. The molecule has 4 aromatic carbocycles. The molecule has 0 aliphatic rings. The Morgan fingerprint density at radius 2 is 0.650 bits per heavy atom. The molecule has 0 saturated carbocycles. The Labute approximate surface area is 238 Å². The van der Waals surface area contributed by atoms with Gasteiger partial charge in [-0.2, -0.15) is 20.5 Å². The Morgan fingerprint density at radius 3 is 0.900 bits per heavy atom. The largest absolute Gasteiger partial charge is 0.372 e. The van der Waals surface area contributed by atoms with E-state index in [1.165, 1.54) is 11.4 Å². The fourth-order valence-electron chi connectivity index (χ4n) is 4.37. The molecule has 0 N–H and O–H groups in total. The molecule has 6 heteroatoms. The van der Waals surface area contributed by atoms with Crippen molar-refractivity contribution in [2.75, 3.05) is 36.0 Å². The van der Waals surface area contributed by atoms with Gasteiger partial charge in [0.15, 0.2) is 0 Å². The van der Waals surface area contributed by atoms with E-state index in [-0.39, 0.29) is 0 Å². The van der Waals surface area contributed by atoms with Crippen LogP contribution >= 0.6 is 0 Å². The van der Waals surface area contributed by atoms with Crippen molar-refractivity contribution >= 4 is 46.3 Å². The standard InChI is InChI=1S/C34H38N6/c1-5-39(6-2)33-23-19-31(20-24-33)37-35-29-15-11-27(12-16-29)9-10-28-13-17-30(18-14-28)36-38-32-21-25-34(26-22-32)40(7-3)8-4/h9-26H,5-8H2,1-4H3/b10-9+,37-35?,38-36?. The molecular weight excluding hydrogens is 492 g/mol. The molecule has 40 heavy (non-hydrogen) atoms. The van der Waals surface area contributed by atoms with Gasteiger partial charge >= 0.3 is 0 Å². The van der Waals surface area contributed by atoms with Gasteiger partial charge in [-0.1, -0.05) is 36.4 Å². The second-order valence-corrected chi connectivity index (χ2v) is 9.29. The first-order valence-corrected chi connectivity index (χ1v) is 14.0. The van der Waals surface area contributed by atoms with Crippen LogP contribution < -0.4 is 9.80 Å². The highest BCUT2D eigenvalue weighted by atomic mass is 15.1. The molecule has 6 nitrogen and oxygen atoms in total. The third-order valence-electron chi connectivity index (χ3n) is 6.77. The number of hydrogen-bond acceptors (Lipinski definition) is 6. The molecule has 0 aliphatic heterocycles. The first-order valence-electron chi connectivity index (χ1n) is 14.0. The summed E-state index contributed by atoms with van der Waals surface area (Å²) in [5.41, 5.74) is 7.93. The summed E-state index contributed by atoms with van der Waals surface area (Å²) in [5.74, 6) is 0. The predicted octanol–water partition coefficient (Wildman–Crippen LogP) is 10.4. The van der Waals surface area contributed by atoms with Crippen molar-refractivity contribution in [3.63, 3.8) is 0 Å². The molecule has 0 aromatic heterocycles. The summed E-state index contributed by atoms with van der Waals surface area (Å²) < 4.78 is 0. The van der Waals surface area contributed by atoms with Gasteiger partial charge in [-0.25, -0.2) is 0 Å². The van der Waals surface area contributed by atoms with E-state index >= 15 is 0 Å². The number of hydrogen-bond donors (Lipinski definition) is 0. The highest BCUT2D eigenvalue weighted by Gasteiger charge is 2.02. The van der Waals surface area contributed by atoms with Crippen LogP contribution in [0.2, 0.25) is 0 Å². The number of anilines is 2. The van der Waals surface area contributed by atoms with Gasteiger partial charge in [-0.05, 0) is 112 Å². The molecule has 0 fully saturated rings. The molecule has 0 aliphatic carbocycles. The van der Waals surface area contributed by atoms with Crippen molar-refractivity contribution < 1.29 is 0 Å². The lowest BCUT2D eigenvalue weighted by molar-refractivity contribution is 0.866. The molecule has 0 radical (unpaired) electrons. The molecule has 204 valence electrons. The SMILES string of the molecule is CCN(CC)c1ccc(N=Nc2ccc(/C=C/c3ccc(N=Nc4ccc(N(CC)CC)cc4)cc3)cc2)cc1. The van der Waals surface area contributed by atoms with Crippen molar-refractivity contribution in [2.45, 2.75) is 27.7 Å². The average molecular weight is 531 g/mol. The topological polar surface area (TPSA) is 55.9 Å². The van der Waals surface area contributed by atoms with Crippen molar-refractivity contribution in [2.24, 2.45) is 20.5 Å². The number of nitrogens with zero attached hydrogens (tertiary/aromatic N) is 6. The Bertz CT molecular complexity index is 1280. The lowest BCUT2D eigenvalue weighted by Gasteiger charge is -2.20. The Morgan fingerprint density at radius 1 is 0.400 bits per heavy atom. The number of benzene rings is 4. The summed E-state index contributed by atoms with van der Waals surface area (Å²) in [6.07, 6.45) is 4.17. The van der Waals surface area contributed by atoms with Gasteiger partial charge in [0.25, 0.3) is 0 Å². The van der Waals surface area contributed by atoms with Crippen LogP contribution in [0.4, 0.5) is 34.1 Å². The Hall–Kier alpha value is -4.58. The third kappa shape index (κ3) is 7.96. The molecule has 0 unspecified atom stereocenters. The summed E-state index contributed by atoms with van der Waals surface area (Å²) >= 11 is 0. The van der Waals surface area contributed by atoms with Crippen LogP contribution in [-0.2, 0) is 0 Å².